The normalized spacial score (nSPS) is 12.7. The lowest BCUT2D eigenvalue weighted by atomic mass is 9.99. The molecule has 3 nitrogen and oxygen atoms in total. The Morgan fingerprint density at radius 3 is 2.83 bits per heavy atom. The molecule has 4 heteroatoms. The Kier molecular flexibility index (Phi) is 3.77. The summed E-state index contributed by atoms with van der Waals surface area (Å²) in [5, 5.41) is 3.35. The van der Waals surface area contributed by atoms with Gasteiger partial charge in [-0.2, -0.15) is 0 Å². The molecule has 18 heavy (non-hydrogen) atoms. The average molecular weight is 247 g/mol. The van der Waals surface area contributed by atoms with Gasteiger partial charge in [-0.15, -0.1) is 0 Å². The number of rotatable bonds is 4. The van der Waals surface area contributed by atoms with Gasteiger partial charge < -0.3 is 9.88 Å². The molecule has 1 aromatic carbocycles. The number of imidazole rings is 1. The van der Waals surface area contributed by atoms with Crippen LogP contribution in [0, 0.1) is 12.7 Å². The topological polar surface area (TPSA) is 29.9 Å². The number of halogens is 1. The predicted molar refractivity (Wildman–Crippen MR) is 69.9 cm³/mol. The molecule has 96 valence electrons. The van der Waals surface area contributed by atoms with Crippen LogP contribution in [-0.4, -0.2) is 16.1 Å². The van der Waals surface area contributed by atoms with Crippen molar-refractivity contribution in [1.29, 1.82) is 0 Å². The molecule has 0 aliphatic heterocycles. The number of aromatic nitrogens is 2. The molecule has 1 unspecified atom stereocenters. The van der Waals surface area contributed by atoms with Gasteiger partial charge in [-0.25, -0.2) is 9.37 Å². The third-order valence-electron chi connectivity index (χ3n) is 2.98. The Balaban J connectivity index is 2.44. The molecule has 0 bridgehead atoms. The van der Waals surface area contributed by atoms with Crippen molar-refractivity contribution in [2.45, 2.75) is 19.9 Å². The first kappa shape index (κ1) is 12.8. The summed E-state index contributed by atoms with van der Waals surface area (Å²) < 4.78 is 15.3. The largest absolute Gasteiger partial charge is 0.340 e. The number of nitrogens with one attached hydrogen (secondary N) is 1. The van der Waals surface area contributed by atoms with E-state index in [4.69, 9.17) is 0 Å². The van der Waals surface area contributed by atoms with Crippen molar-refractivity contribution in [2.24, 2.45) is 7.05 Å². The van der Waals surface area contributed by atoms with Crippen LogP contribution >= 0.6 is 0 Å². The maximum absolute atomic E-state index is 13.4. The Bertz CT molecular complexity index is 534. The molecule has 1 N–H and O–H groups in total. The highest BCUT2D eigenvalue weighted by molar-refractivity contribution is 5.34. The Morgan fingerprint density at radius 2 is 2.22 bits per heavy atom. The van der Waals surface area contributed by atoms with E-state index >= 15 is 0 Å². The fraction of sp³-hybridized carbons (Fsp3) is 0.357. The van der Waals surface area contributed by atoms with Crippen molar-refractivity contribution in [3.8, 4) is 0 Å². The monoisotopic (exact) mass is 247 g/mol. The number of hydrogen-bond donors (Lipinski definition) is 1. The van der Waals surface area contributed by atoms with E-state index in [0.29, 0.717) is 0 Å². The quantitative estimate of drug-likeness (QED) is 0.900. The number of hydrogen-bond acceptors (Lipinski definition) is 2. The minimum absolute atomic E-state index is 0.0631. The van der Waals surface area contributed by atoms with Gasteiger partial charge >= 0.3 is 0 Å². The average Bonchev–Trinajstić information content (AvgIpc) is 2.76. The predicted octanol–water partition coefficient (Wildman–Crippen LogP) is 2.57. The van der Waals surface area contributed by atoms with Gasteiger partial charge in [-0.05, 0) is 36.7 Å². The van der Waals surface area contributed by atoms with E-state index < -0.39 is 0 Å². The van der Waals surface area contributed by atoms with Crippen molar-refractivity contribution < 1.29 is 4.39 Å². The van der Waals surface area contributed by atoms with Crippen LogP contribution in [0.25, 0.3) is 0 Å². The van der Waals surface area contributed by atoms with Crippen LogP contribution in [0.3, 0.4) is 0 Å². The van der Waals surface area contributed by atoms with E-state index in [0.717, 1.165) is 23.4 Å². The summed E-state index contributed by atoms with van der Waals surface area (Å²) in [5.74, 6) is -0.213. The molecular weight excluding hydrogens is 229 g/mol. The lowest BCUT2D eigenvalue weighted by molar-refractivity contribution is 0.594. The third kappa shape index (κ3) is 2.59. The molecule has 0 aliphatic carbocycles. The maximum atomic E-state index is 13.4. The van der Waals surface area contributed by atoms with Crippen molar-refractivity contribution in [3.05, 3.63) is 53.4 Å². The summed E-state index contributed by atoms with van der Waals surface area (Å²) in [6.45, 7) is 4.82. The van der Waals surface area contributed by atoms with Gasteiger partial charge in [0.1, 0.15) is 5.82 Å². The molecule has 2 aromatic rings. The standard InChI is InChI=1S/C14H18FN3/c1-4-16-14(13-8-18(3)9-17-13)12-7-11(15)6-5-10(12)2/h5-9,14,16H,4H2,1-3H3. The molecule has 0 spiro atoms. The van der Waals surface area contributed by atoms with Gasteiger partial charge in [0.15, 0.2) is 0 Å². The highest BCUT2D eigenvalue weighted by Gasteiger charge is 2.17. The molecule has 0 aliphatic rings. The van der Waals surface area contributed by atoms with E-state index in [1.165, 1.54) is 6.07 Å². The first-order valence-electron chi connectivity index (χ1n) is 6.09. The fourth-order valence-electron chi connectivity index (χ4n) is 2.08. The Hall–Kier alpha value is -1.68. The molecule has 1 aromatic heterocycles. The van der Waals surface area contributed by atoms with Crippen molar-refractivity contribution in [3.63, 3.8) is 0 Å². The minimum atomic E-state index is -0.213. The van der Waals surface area contributed by atoms with E-state index in [9.17, 15) is 4.39 Å². The SMILES string of the molecule is CCNC(c1cn(C)cn1)c1cc(F)ccc1C. The highest BCUT2D eigenvalue weighted by Crippen LogP contribution is 2.24. The van der Waals surface area contributed by atoms with Gasteiger partial charge in [0.05, 0.1) is 18.1 Å². The van der Waals surface area contributed by atoms with Crippen LogP contribution in [0.2, 0.25) is 0 Å². The van der Waals surface area contributed by atoms with Crippen molar-refractivity contribution >= 4 is 0 Å². The van der Waals surface area contributed by atoms with E-state index in [1.54, 1.807) is 18.5 Å². The minimum Gasteiger partial charge on any atom is -0.340 e. The summed E-state index contributed by atoms with van der Waals surface area (Å²) in [4.78, 5) is 4.36. The van der Waals surface area contributed by atoms with Crippen LogP contribution in [0.5, 0.6) is 0 Å². The van der Waals surface area contributed by atoms with Crippen LogP contribution in [0.1, 0.15) is 29.8 Å². The summed E-state index contributed by atoms with van der Waals surface area (Å²) in [7, 11) is 1.93. The van der Waals surface area contributed by atoms with E-state index in [2.05, 4.69) is 10.3 Å². The van der Waals surface area contributed by atoms with Crippen molar-refractivity contribution in [1.82, 2.24) is 14.9 Å². The zero-order valence-electron chi connectivity index (χ0n) is 10.9. The first-order valence-corrected chi connectivity index (χ1v) is 6.09. The van der Waals surface area contributed by atoms with Gasteiger partial charge in [-0.1, -0.05) is 13.0 Å². The molecule has 0 saturated carbocycles. The van der Waals surface area contributed by atoms with Crippen LogP contribution in [-0.2, 0) is 7.05 Å². The zero-order valence-corrected chi connectivity index (χ0v) is 10.9. The van der Waals surface area contributed by atoms with E-state index in [1.807, 2.05) is 31.7 Å². The smallest absolute Gasteiger partial charge is 0.123 e. The second-order valence-electron chi connectivity index (χ2n) is 4.46. The molecule has 0 fully saturated rings. The summed E-state index contributed by atoms with van der Waals surface area (Å²) in [6, 6.07) is 4.81. The summed E-state index contributed by atoms with van der Waals surface area (Å²) >= 11 is 0. The molecule has 0 saturated heterocycles. The molecular formula is C14H18FN3. The third-order valence-corrected chi connectivity index (χ3v) is 2.98. The van der Waals surface area contributed by atoms with Crippen LogP contribution in [0.15, 0.2) is 30.7 Å². The van der Waals surface area contributed by atoms with Gasteiger partial charge in [0.25, 0.3) is 0 Å². The van der Waals surface area contributed by atoms with Crippen molar-refractivity contribution in [2.75, 3.05) is 6.54 Å². The Labute approximate surface area is 107 Å². The second kappa shape index (κ2) is 5.31. The summed E-state index contributed by atoms with van der Waals surface area (Å²) in [5.41, 5.74) is 2.91. The second-order valence-corrected chi connectivity index (χ2v) is 4.46. The lowest BCUT2D eigenvalue weighted by Gasteiger charge is -2.18. The fourth-order valence-corrected chi connectivity index (χ4v) is 2.08. The van der Waals surface area contributed by atoms with Gasteiger partial charge in [0, 0.05) is 13.2 Å². The van der Waals surface area contributed by atoms with Crippen LogP contribution < -0.4 is 5.32 Å². The number of nitrogens with zero attached hydrogens (tertiary/aromatic N) is 2. The molecule has 2 rings (SSSR count). The maximum Gasteiger partial charge on any atom is 0.123 e. The van der Waals surface area contributed by atoms with Gasteiger partial charge in [-0.3, -0.25) is 0 Å². The zero-order chi connectivity index (χ0) is 13.1. The van der Waals surface area contributed by atoms with Crippen LogP contribution in [0.4, 0.5) is 4.39 Å². The Morgan fingerprint density at radius 1 is 1.44 bits per heavy atom. The number of benzene rings is 1. The highest BCUT2D eigenvalue weighted by atomic mass is 19.1. The van der Waals surface area contributed by atoms with E-state index in [-0.39, 0.29) is 11.9 Å². The first-order chi connectivity index (χ1) is 8.61. The molecule has 0 amide bonds. The molecule has 1 heterocycles. The van der Waals surface area contributed by atoms with Gasteiger partial charge in [0.2, 0.25) is 0 Å². The molecule has 1 atom stereocenters. The number of aryl methyl sites for hydroxylation is 2. The molecule has 0 radical (unpaired) electrons. The summed E-state index contributed by atoms with van der Waals surface area (Å²) in [6.07, 6.45) is 3.71. The lowest BCUT2D eigenvalue weighted by Crippen LogP contribution is -2.23.